The number of aromatic nitrogens is 2. The highest BCUT2D eigenvalue weighted by molar-refractivity contribution is 5.97. The highest BCUT2D eigenvalue weighted by Crippen LogP contribution is 2.38. The molecule has 0 aliphatic carbocycles. The molecule has 5 rings (SSSR count). The first-order valence-electron chi connectivity index (χ1n) is 10.7. The van der Waals surface area contributed by atoms with Crippen molar-refractivity contribution in [2.45, 2.75) is 39.0 Å². The van der Waals surface area contributed by atoms with Gasteiger partial charge in [0.1, 0.15) is 5.82 Å². The maximum absolute atomic E-state index is 5.22. The van der Waals surface area contributed by atoms with Gasteiger partial charge in [0.15, 0.2) is 0 Å². The average Bonchev–Trinajstić information content (AvgIpc) is 2.93. The number of benzene rings is 3. The van der Waals surface area contributed by atoms with Gasteiger partial charge in [-0.25, -0.2) is 4.68 Å². The van der Waals surface area contributed by atoms with E-state index in [2.05, 4.69) is 90.6 Å². The third-order valence-electron chi connectivity index (χ3n) is 5.96. The van der Waals surface area contributed by atoms with Gasteiger partial charge >= 0.3 is 0 Å². The molecule has 29 heavy (non-hydrogen) atoms. The largest absolute Gasteiger partial charge is 0.370 e. The Morgan fingerprint density at radius 3 is 2.59 bits per heavy atom. The number of nitrogens with zero attached hydrogens (tertiary/aromatic N) is 2. The fourth-order valence-electron chi connectivity index (χ4n) is 4.49. The highest BCUT2D eigenvalue weighted by atomic mass is 15.3. The van der Waals surface area contributed by atoms with Crippen LogP contribution in [0.1, 0.15) is 43.7 Å². The van der Waals surface area contributed by atoms with E-state index in [-0.39, 0.29) is 0 Å². The van der Waals surface area contributed by atoms with Gasteiger partial charge in [0.2, 0.25) is 0 Å². The lowest BCUT2D eigenvalue weighted by molar-refractivity contribution is 0.776. The molecule has 1 aromatic heterocycles. The zero-order valence-electron chi connectivity index (χ0n) is 17.2. The van der Waals surface area contributed by atoms with Crippen LogP contribution < -0.4 is 5.32 Å². The van der Waals surface area contributed by atoms with Crippen molar-refractivity contribution in [3.05, 3.63) is 77.9 Å². The first-order valence-corrected chi connectivity index (χ1v) is 10.7. The van der Waals surface area contributed by atoms with E-state index in [1.54, 1.807) is 0 Å². The van der Waals surface area contributed by atoms with Crippen molar-refractivity contribution in [1.82, 2.24) is 9.78 Å². The maximum Gasteiger partial charge on any atom is 0.133 e. The Kier molecular flexibility index (Phi) is 4.59. The second kappa shape index (κ2) is 7.40. The van der Waals surface area contributed by atoms with E-state index in [0.29, 0.717) is 5.92 Å². The zero-order chi connectivity index (χ0) is 19.8. The number of fused-ring (bicyclic) bond motifs is 2. The van der Waals surface area contributed by atoms with Gasteiger partial charge in [0.05, 0.1) is 11.4 Å². The summed E-state index contributed by atoms with van der Waals surface area (Å²) in [4.78, 5) is 0. The van der Waals surface area contributed by atoms with Crippen molar-refractivity contribution < 1.29 is 0 Å². The summed E-state index contributed by atoms with van der Waals surface area (Å²) in [7, 11) is 0. The summed E-state index contributed by atoms with van der Waals surface area (Å²) in [6.07, 6.45) is 3.44. The van der Waals surface area contributed by atoms with Gasteiger partial charge in [-0.15, -0.1) is 0 Å². The van der Waals surface area contributed by atoms with Gasteiger partial charge in [-0.2, -0.15) is 5.10 Å². The molecule has 1 aliphatic heterocycles. The molecule has 1 aliphatic rings. The minimum Gasteiger partial charge on any atom is -0.370 e. The molecule has 3 heteroatoms. The summed E-state index contributed by atoms with van der Waals surface area (Å²) in [5.41, 5.74) is 6.19. The molecule has 0 amide bonds. The van der Waals surface area contributed by atoms with Gasteiger partial charge in [-0.1, -0.05) is 74.5 Å². The SMILES string of the molecule is CC(C)c1ccccc1-n1nc(-c2cccc3ccccc23)c2c1NCCCC2. The summed E-state index contributed by atoms with van der Waals surface area (Å²) in [6, 6.07) is 23.8. The lowest BCUT2D eigenvalue weighted by Crippen LogP contribution is -2.09. The van der Waals surface area contributed by atoms with Gasteiger partial charge in [0.25, 0.3) is 0 Å². The molecule has 0 saturated heterocycles. The van der Waals surface area contributed by atoms with Gasteiger partial charge < -0.3 is 5.32 Å². The van der Waals surface area contributed by atoms with Crippen LogP contribution in [0.4, 0.5) is 5.82 Å². The lowest BCUT2D eigenvalue weighted by atomic mass is 9.98. The van der Waals surface area contributed by atoms with Crippen LogP contribution in [0.5, 0.6) is 0 Å². The summed E-state index contributed by atoms with van der Waals surface area (Å²) < 4.78 is 2.16. The minimum absolute atomic E-state index is 0.442. The fourth-order valence-corrected chi connectivity index (χ4v) is 4.49. The number of anilines is 1. The molecule has 1 N–H and O–H groups in total. The zero-order valence-corrected chi connectivity index (χ0v) is 17.2. The standard InChI is InChI=1S/C26H27N3/c1-18(2)20-12-5-6-16-24(20)29-26-23(14-7-8-17-27-26)25(28-29)22-15-9-11-19-10-3-4-13-21(19)22/h3-6,9-13,15-16,18,27H,7-8,14,17H2,1-2H3. The molecule has 0 unspecified atom stereocenters. The first kappa shape index (κ1) is 18.0. The Morgan fingerprint density at radius 2 is 1.69 bits per heavy atom. The van der Waals surface area contributed by atoms with E-state index >= 15 is 0 Å². The molecule has 2 heterocycles. The molecule has 3 nitrogen and oxygen atoms in total. The second-order valence-electron chi connectivity index (χ2n) is 8.21. The summed E-state index contributed by atoms with van der Waals surface area (Å²) in [6.45, 7) is 5.50. The molecule has 0 bridgehead atoms. The van der Waals surface area contributed by atoms with E-state index in [4.69, 9.17) is 5.10 Å². The number of rotatable bonds is 3. The molecule has 0 fully saturated rings. The number of para-hydroxylation sites is 1. The van der Waals surface area contributed by atoms with Crippen LogP contribution in [0.15, 0.2) is 66.7 Å². The van der Waals surface area contributed by atoms with Gasteiger partial charge in [0, 0.05) is 17.7 Å². The maximum atomic E-state index is 5.22. The normalized spacial score (nSPS) is 13.9. The Morgan fingerprint density at radius 1 is 0.897 bits per heavy atom. The van der Waals surface area contributed by atoms with Crippen LogP contribution >= 0.6 is 0 Å². The molecule has 4 aromatic rings. The molecular formula is C26H27N3. The highest BCUT2D eigenvalue weighted by Gasteiger charge is 2.24. The summed E-state index contributed by atoms with van der Waals surface area (Å²) >= 11 is 0. The Bertz CT molecular complexity index is 1160. The summed E-state index contributed by atoms with van der Waals surface area (Å²) in [5.74, 6) is 1.61. The predicted molar refractivity (Wildman–Crippen MR) is 122 cm³/mol. The van der Waals surface area contributed by atoms with Crippen LogP contribution in [-0.4, -0.2) is 16.3 Å². The monoisotopic (exact) mass is 381 g/mol. The molecular weight excluding hydrogens is 354 g/mol. The fraction of sp³-hybridized carbons (Fsp3) is 0.269. The molecule has 0 spiro atoms. The van der Waals surface area contributed by atoms with Crippen molar-refractivity contribution in [3.63, 3.8) is 0 Å². The van der Waals surface area contributed by atoms with E-state index < -0.39 is 0 Å². The van der Waals surface area contributed by atoms with Crippen molar-refractivity contribution in [2.24, 2.45) is 0 Å². The number of hydrogen-bond donors (Lipinski definition) is 1. The second-order valence-corrected chi connectivity index (χ2v) is 8.21. The van der Waals surface area contributed by atoms with Crippen molar-refractivity contribution in [2.75, 3.05) is 11.9 Å². The predicted octanol–water partition coefficient (Wildman–Crippen LogP) is 6.56. The summed E-state index contributed by atoms with van der Waals surface area (Å²) in [5, 5.41) is 11.4. The smallest absolute Gasteiger partial charge is 0.133 e. The first-order chi connectivity index (χ1) is 14.2. The van der Waals surface area contributed by atoms with Crippen molar-refractivity contribution in [3.8, 4) is 16.9 Å². The lowest BCUT2D eigenvalue weighted by Gasteiger charge is -2.15. The average molecular weight is 382 g/mol. The minimum atomic E-state index is 0.442. The van der Waals surface area contributed by atoms with Gasteiger partial charge in [-0.3, -0.25) is 0 Å². The molecule has 0 saturated carbocycles. The molecule has 3 aromatic carbocycles. The number of nitrogens with one attached hydrogen (secondary N) is 1. The van der Waals surface area contributed by atoms with E-state index in [1.807, 2.05) is 0 Å². The molecule has 0 radical (unpaired) electrons. The van der Waals surface area contributed by atoms with Crippen LogP contribution in [0.25, 0.3) is 27.7 Å². The third-order valence-corrected chi connectivity index (χ3v) is 5.96. The van der Waals surface area contributed by atoms with Crippen LogP contribution in [0.3, 0.4) is 0 Å². The topological polar surface area (TPSA) is 29.9 Å². The van der Waals surface area contributed by atoms with Crippen LogP contribution in [0.2, 0.25) is 0 Å². The van der Waals surface area contributed by atoms with Crippen LogP contribution in [-0.2, 0) is 6.42 Å². The van der Waals surface area contributed by atoms with E-state index in [9.17, 15) is 0 Å². The Hall–Kier alpha value is -3.07. The van der Waals surface area contributed by atoms with Crippen molar-refractivity contribution in [1.29, 1.82) is 0 Å². The Balaban J connectivity index is 1.79. The van der Waals surface area contributed by atoms with E-state index in [1.165, 1.54) is 51.8 Å². The van der Waals surface area contributed by atoms with E-state index in [0.717, 1.165) is 18.7 Å². The van der Waals surface area contributed by atoms with Gasteiger partial charge in [-0.05, 0) is 47.6 Å². The molecule has 0 atom stereocenters. The van der Waals surface area contributed by atoms with Crippen molar-refractivity contribution >= 4 is 16.6 Å². The quantitative estimate of drug-likeness (QED) is 0.435. The van der Waals surface area contributed by atoms with Crippen LogP contribution in [0, 0.1) is 0 Å². The number of hydrogen-bond acceptors (Lipinski definition) is 2. The Labute approximate surface area is 172 Å². The third kappa shape index (κ3) is 3.11. The molecule has 146 valence electrons.